The monoisotopic (exact) mass is 883 g/mol. The Morgan fingerprint density at radius 2 is 1.40 bits per heavy atom. The molecule has 7 rings (SSSR count). The van der Waals surface area contributed by atoms with Gasteiger partial charge in [0.2, 0.25) is 5.75 Å². The summed E-state index contributed by atoms with van der Waals surface area (Å²) in [5.74, 6) is 0.0766. The highest BCUT2D eigenvalue weighted by molar-refractivity contribution is 5.89. The predicted molar refractivity (Wildman–Crippen MR) is 248 cm³/mol. The molecular weight excluding hydrogens is 827 g/mol. The predicted octanol–water partition coefficient (Wildman–Crippen LogP) is 7.63. The zero-order chi connectivity index (χ0) is 46.2. The van der Waals surface area contributed by atoms with E-state index in [9.17, 15) is 19.5 Å². The van der Waals surface area contributed by atoms with E-state index >= 15 is 0 Å². The first-order chi connectivity index (χ1) is 31.4. The van der Waals surface area contributed by atoms with Crippen molar-refractivity contribution in [3.8, 4) is 34.1 Å². The number of carbonyl (C=O) groups is 3. The van der Waals surface area contributed by atoms with Gasteiger partial charge in [-0.3, -0.25) is 4.79 Å². The van der Waals surface area contributed by atoms with Crippen molar-refractivity contribution in [1.82, 2.24) is 10.6 Å². The molecule has 13 nitrogen and oxygen atoms in total. The maximum Gasteiger partial charge on any atom is 0.407 e. The topological polar surface area (TPSA) is 177 Å². The fourth-order valence-corrected chi connectivity index (χ4v) is 8.85. The molecule has 5 N–H and O–H groups in total. The van der Waals surface area contributed by atoms with Crippen molar-refractivity contribution in [3.63, 3.8) is 0 Å². The van der Waals surface area contributed by atoms with Crippen LogP contribution in [0.2, 0.25) is 0 Å². The molecule has 3 unspecified atom stereocenters. The molecule has 0 radical (unpaired) electrons. The van der Waals surface area contributed by atoms with Crippen LogP contribution in [0.4, 0.5) is 10.5 Å². The summed E-state index contributed by atoms with van der Waals surface area (Å²) in [5.41, 5.74) is 14.9. The molecule has 5 aromatic carbocycles. The van der Waals surface area contributed by atoms with Gasteiger partial charge in [0.1, 0.15) is 24.5 Å². The second-order valence-corrected chi connectivity index (χ2v) is 16.6. The number of methoxy groups -OCH3 is 4. The Labute approximate surface area is 379 Å². The molecule has 2 amide bonds. The number of aliphatic hydroxyl groups excluding tert-OH is 1. The Bertz CT molecular complexity index is 2490. The summed E-state index contributed by atoms with van der Waals surface area (Å²) in [6, 6.07) is 30.3. The molecule has 65 heavy (non-hydrogen) atoms. The van der Waals surface area contributed by atoms with Gasteiger partial charge in [-0.15, -0.1) is 0 Å². The first kappa shape index (κ1) is 46.0. The molecule has 5 aromatic rings. The minimum absolute atomic E-state index is 0.0463. The summed E-state index contributed by atoms with van der Waals surface area (Å²) < 4.78 is 34.8. The van der Waals surface area contributed by atoms with Crippen LogP contribution in [0, 0.1) is 5.92 Å². The number of nitrogens with one attached hydrogen (secondary N) is 2. The van der Waals surface area contributed by atoms with Crippen LogP contribution in [0.15, 0.2) is 109 Å². The lowest BCUT2D eigenvalue weighted by Crippen LogP contribution is -2.55. The van der Waals surface area contributed by atoms with Crippen molar-refractivity contribution in [2.24, 2.45) is 5.92 Å². The van der Waals surface area contributed by atoms with Gasteiger partial charge in [0, 0.05) is 11.5 Å². The van der Waals surface area contributed by atoms with Crippen molar-refractivity contribution in [2.45, 2.75) is 69.7 Å². The number of nitrogens with two attached hydrogens (primary N) is 1. The normalized spacial score (nSPS) is 15.4. The minimum atomic E-state index is -1.77. The van der Waals surface area contributed by atoms with Crippen molar-refractivity contribution in [3.05, 3.63) is 143 Å². The molecule has 4 atom stereocenters. The van der Waals surface area contributed by atoms with Gasteiger partial charge in [0.15, 0.2) is 17.6 Å². The number of fused-ring (bicyclic) bond motifs is 4. The number of anilines is 1. The van der Waals surface area contributed by atoms with Gasteiger partial charge < -0.3 is 49.9 Å². The third-order valence-electron chi connectivity index (χ3n) is 12.0. The molecular formula is C52H57N3O10. The Morgan fingerprint density at radius 3 is 2.02 bits per heavy atom. The summed E-state index contributed by atoms with van der Waals surface area (Å²) in [7, 11) is 6.18. The molecule has 0 saturated heterocycles. The number of nitrogen functional groups attached to an aromatic ring is 1. The highest BCUT2D eigenvalue weighted by atomic mass is 16.6. The van der Waals surface area contributed by atoms with Crippen molar-refractivity contribution in [2.75, 3.05) is 40.8 Å². The highest BCUT2D eigenvalue weighted by Crippen LogP contribution is 2.48. The average Bonchev–Trinajstić information content (AvgIpc) is 3.52. The molecule has 0 bridgehead atoms. The Balaban J connectivity index is 1.11. The van der Waals surface area contributed by atoms with Crippen molar-refractivity contribution < 1.29 is 47.9 Å². The Hall–Kier alpha value is -6.99. The maximum atomic E-state index is 14.3. The van der Waals surface area contributed by atoms with Crippen LogP contribution in [-0.4, -0.2) is 82.4 Å². The third-order valence-corrected chi connectivity index (χ3v) is 12.0. The van der Waals surface area contributed by atoms with Gasteiger partial charge in [-0.05, 0) is 100 Å². The number of rotatable bonds is 17. The van der Waals surface area contributed by atoms with Crippen LogP contribution in [0.1, 0.15) is 66.0 Å². The van der Waals surface area contributed by atoms with E-state index in [0.717, 1.165) is 44.5 Å². The summed E-state index contributed by atoms with van der Waals surface area (Å²) >= 11 is 0. The third kappa shape index (κ3) is 10.2. The van der Waals surface area contributed by atoms with Crippen LogP contribution in [-0.2, 0) is 31.9 Å². The number of hydrogen-bond donors (Lipinski definition) is 4. The summed E-state index contributed by atoms with van der Waals surface area (Å²) in [5, 5.41) is 17.2. The van der Waals surface area contributed by atoms with Gasteiger partial charge >= 0.3 is 12.1 Å². The van der Waals surface area contributed by atoms with Crippen LogP contribution >= 0.6 is 0 Å². The molecule has 13 heteroatoms. The molecule has 0 spiro atoms. The molecule has 0 heterocycles. The lowest BCUT2D eigenvalue weighted by atomic mass is 9.92. The van der Waals surface area contributed by atoms with E-state index in [1.807, 2.05) is 98.8 Å². The fourth-order valence-electron chi connectivity index (χ4n) is 8.85. The number of ether oxygens (including phenoxy) is 6. The van der Waals surface area contributed by atoms with Gasteiger partial charge in [-0.25, -0.2) is 9.59 Å². The average molecular weight is 884 g/mol. The van der Waals surface area contributed by atoms with E-state index in [1.54, 1.807) is 33.5 Å². The summed E-state index contributed by atoms with van der Waals surface area (Å²) in [4.78, 5) is 41.9. The lowest BCUT2D eigenvalue weighted by molar-refractivity contribution is -0.152. The second-order valence-electron chi connectivity index (χ2n) is 16.6. The van der Waals surface area contributed by atoms with Crippen LogP contribution in [0.25, 0.3) is 16.7 Å². The van der Waals surface area contributed by atoms with E-state index in [2.05, 4.69) is 22.8 Å². The fraction of sp³-hybridized carbons (Fsp3) is 0.327. The lowest BCUT2D eigenvalue weighted by Gasteiger charge is -2.27. The number of alkyl carbamates (subject to hydrolysis) is 1. The first-order valence-electron chi connectivity index (χ1n) is 21.8. The number of amides is 2. The molecule has 340 valence electrons. The zero-order valence-electron chi connectivity index (χ0n) is 37.6. The van der Waals surface area contributed by atoms with E-state index in [0.29, 0.717) is 47.1 Å². The van der Waals surface area contributed by atoms with Gasteiger partial charge in [-0.2, -0.15) is 0 Å². The largest absolute Gasteiger partial charge is 0.495 e. The molecule has 0 saturated carbocycles. The number of aliphatic hydroxyl groups is 1. The smallest absolute Gasteiger partial charge is 0.407 e. The second kappa shape index (κ2) is 20.7. The highest BCUT2D eigenvalue weighted by Gasteiger charge is 2.35. The SMILES string of the molecule is COc1ccc(C2=C[C@@H](OC(=O)C(CC(C)C)NC(=O)C(O)C(Cc3ccccc3)NC(=O)OCC3c4ccccc4-c4ccccc43)CCc3c2cc(OC)c(OC)c3OC)cc1N. The molecule has 0 fully saturated rings. The maximum absolute atomic E-state index is 14.3. The first-order valence-corrected chi connectivity index (χ1v) is 21.8. The zero-order valence-corrected chi connectivity index (χ0v) is 37.6. The van der Waals surface area contributed by atoms with E-state index < -0.39 is 42.3 Å². The number of hydrogen-bond acceptors (Lipinski definition) is 11. The Morgan fingerprint density at radius 1 is 0.754 bits per heavy atom. The van der Waals surface area contributed by atoms with E-state index in [4.69, 9.17) is 34.2 Å². The molecule has 2 aliphatic carbocycles. The summed E-state index contributed by atoms with van der Waals surface area (Å²) in [6.45, 7) is 3.88. The van der Waals surface area contributed by atoms with E-state index in [-0.39, 0.29) is 31.3 Å². The molecule has 2 aliphatic rings. The minimum Gasteiger partial charge on any atom is -0.495 e. The number of carbonyl (C=O) groups excluding carboxylic acids is 3. The molecule has 0 aliphatic heterocycles. The number of esters is 1. The van der Waals surface area contributed by atoms with Gasteiger partial charge in [-0.1, -0.05) is 98.8 Å². The van der Waals surface area contributed by atoms with Crippen molar-refractivity contribution >= 4 is 29.2 Å². The Kier molecular flexibility index (Phi) is 14.6. The van der Waals surface area contributed by atoms with Gasteiger partial charge in [0.05, 0.1) is 40.2 Å². The van der Waals surface area contributed by atoms with Crippen molar-refractivity contribution in [1.29, 1.82) is 0 Å². The quantitative estimate of drug-likeness (QED) is 0.0534. The van der Waals surface area contributed by atoms with Crippen LogP contribution in [0.5, 0.6) is 23.0 Å². The van der Waals surface area contributed by atoms with Crippen LogP contribution in [0.3, 0.4) is 0 Å². The number of benzene rings is 5. The molecule has 0 aromatic heterocycles. The van der Waals surface area contributed by atoms with E-state index in [1.165, 1.54) is 7.11 Å². The summed E-state index contributed by atoms with van der Waals surface area (Å²) in [6.07, 6.45) is -0.389. The standard InChI is InChI=1S/C52H57N3O10/c1-30(2)24-44(51(58)65-33-21-22-38-40(28-46(61-4)49(63-6)48(38)62-5)39(27-33)32-20-23-45(60-3)42(53)26-32)54-50(57)47(56)43(25-31-14-8-7-9-15-31)55-52(59)64-29-41-36-18-12-10-16-34(36)35-17-11-13-19-37(35)41/h7-20,23,26-28,30,33,41,43-44,47,56H,21-22,24-25,29,53H2,1-6H3,(H,54,57)(H,55,59)/t33-,43?,44?,47?/m0/s1. The van der Waals surface area contributed by atoms with Crippen LogP contribution < -0.4 is 35.3 Å². The van der Waals surface area contributed by atoms with Gasteiger partial charge in [0.25, 0.3) is 5.91 Å².